The average Bonchev–Trinajstić information content (AvgIpc) is 1.35. The molecule has 0 amide bonds. The van der Waals surface area contributed by atoms with E-state index < -0.39 is 12.9 Å². The Kier molecular flexibility index (Phi) is 1.38. The molecule has 0 saturated heterocycles. The summed E-state index contributed by atoms with van der Waals surface area (Å²) in [5.41, 5.74) is 0. The minimum absolute atomic E-state index is 2.23. The Morgan fingerprint density at radius 3 is 1.33 bits per heavy atom. The molecule has 0 unspecified atom stereocenters. The van der Waals surface area contributed by atoms with Crippen LogP contribution >= 0.6 is 0 Å². The molecular weight excluding hydrogens is 100 g/mol. The van der Waals surface area contributed by atoms with Crippen LogP contribution in [0.2, 0.25) is 0 Å². The van der Waals surface area contributed by atoms with E-state index >= 15 is 0 Å². The van der Waals surface area contributed by atoms with Crippen molar-refractivity contribution < 1.29 is 17.6 Å². The molecule has 0 nitrogen and oxygen atoms in total. The molecule has 0 aliphatic carbocycles. The van der Waals surface area contributed by atoms with Gasteiger partial charge in [-0.25, -0.2) is 4.39 Å². The molecule has 0 rings (SSSR count). The van der Waals surface area contributed by atoms with Crippen LogP contribution in [0.15, 0.2) is 0 Å². The smallest absolute Gasteiger partial charge is 0.241 e. The van der Waals surface area contributed by atoms with Crippen LogP contribution in [0, 0.1) is 0 Å². The molecule has 0 aliphatic heterocycles. The first-order valence-corrected chi connectivity index (χ1v) is 1.19. The second kappa shape index (κ2) is 1.45. The SMILES string of the molecule is FC[12C](F)(F)F. The highest BCUT2D eigenvalue weighted by Crippen LogP contribution is 2.13. The van der Waals surface area contributed by atoms with E-state index in [1.807, 2.05) is 0 Å². The molecular formula is C2H2F4. The first-order chi connectivity index (χ1) is 2.56. The monoisotopic (exact) mass is 102 g/mol. The zero-order valence-corrected chi connectivity index (χ0v) is 2.72. The van der Waals surface area contributed by atoms with E-state index in [-0.39, 0.29) is 0 Å². The van der Waals surface area contributed by atoms with Gasteiger partial charge in [-0.1, -0.05) is 0 Å². The zero-order valence-electron chi connectivity index (χ0n) is 2.72. The van der Waals surface area contributed by atoms with E-state index in [9.17, 15) is 17.6 Å². The van der Waals surface area contributed by atoms with Gasteiger partial charge in [0.15, 0.2) is 6.67 Å². The summed E-state index contributed by atoms with van der Waals surface area (Å²) in [7, 11) is 0. The fourth-order valence-electron chi connectivity index (χ4n) is 0. The molecule has 0 N–H and O–H groups in total. The third-order valence-electron chi connectivity index (χ3n) is 0.152. The first kappa shape index (κ1) is 5.72. The predicted octanol–water partition coefficient (Wildman–Crippen LogP) is 1.52. The van der Waals surface area contributed by atoms with Crippen molar-refractivity contribution in [2.24, 2.45) is 0 Å². The van der Waals surface area contributed by atoms with E-state index in [0.29, 0.717) is 0 Å². The van der Waals surface area contributed by atoms with Crippen molar-refractivity contribution in [3.8, 4) is 0 Å². The molecule has 0 fully saturated rings. The maximum Gasteiger partial charge on any atom is 0.416 e. The van der Waals surface area contributed by atoms with Gasteiger partial charge in [-0.15, -0.1) is 0 Å². The summed E-state index contributed by atoms with van der Waals surface area (Å²) < 4.78 is 41.6. The molecule has 0 saturated carbocycles. The number of hydrogen-bond donors (Lipinski definition) is 0. The Morgan fingerprint density at radius 2 is 1.33 bits per heavy atom. The number of hydrogen-bond acceptors (Lipinski definition) is 0. The van der Waals surface area contributed by atoms with Gasteiger partial charge < -0.3 is 0 Å². The number of alkyl halides is 4. The molecule has 0 bridgehead atoms. The molecule has 38 valence electrons. The molecule has 0 atom stereocenters. The molecule has 0 heterocycles. The maximum absolute atomic E-state index is 10.4. The fraction of sp³-hybridized carbons (Fsp3) is 1.00. The lowest BCUT2D eigenvalue weighted by atomic mass is 10.8. The van der Waals surface area contributed by atoms with Crippen molar-refractivity contribution in [3.05, 3.63) is 0 Å². The summed E-state index contributed by atoms with van der Waals surface area (Å²) in [4.78, 5) is 0. The van der Waals surface area contributed by atoms with Crippen LogP contribution < -0.4 is 0 Å². The molecule has 0 aromatic heterocycles. The summed E-state index contributed by atoms with van der Waals surface area (Å²) in [5.74, 6) is 0. The van der Waals surface area contributed by atoms with Gasteiger partial charge in [0.05, 0.1) is 0 Å². The van der Waals surface area contributed by atoms with E-state index in [1.54, 1.807) is 0 Å². The third kappa shape index (κ3) is 3.72. The van der Waals surface area contributed by atoms with Gasteiger partial charge in [0, 0.05) is 0 Å². The van der Waals surface area contributed by atoms with Crippen LogP contribution in [0.1, 0.15) is 0 Å². The molecule has 6 heavy (non-hydrogen) atoms. The van der Waals surface area contributed by atoms with E-state index in [2.05, 4.69) is 0 Å². The first-order valence-electron chi connectivity index (χ1n) is 1.19. The van der Waals surface area contributed by atoms with Crippen LogP contribution in [0.25, 0.3) is 0 Å². The summed E-state index contributed by atoms with van der Waals surface area (Å²) >= 11 is 0. The van der Waals surface area contributed by atoms with Crippen LogP contribution in [0.3, 0.4) is 0 Å². The van der Waals surface area contributed by atoms with Crippen LogP contribution in [-0.4, -0.2) is 12.9 Å². The maximum atomic E-state index is 10.4. The second-order valence-corrected chi connectivity index (χ2v) is 0.749. The third-order valence-corrected chi connectivity index (χ3v) is 0.152. The summed E-state index contributed by atoms with van der Waals surface area (Å²) in [6.07, 6.45) is -4.62. The Bertz CT molecular complexity index is 35.3. The van der Waals surface area contributed by atoms with Crippen molar-refractivity contribution in [1.82, 2.24) is 0 Å². The van der Waals surface area contributed by atoms with Gasteiger partial charge in [-0.3, -0.25) is 0 Å². The Morgan fingerprint density at radius 1 is 1.17 bits per heavy atom. The van der Waals surface area contributed by atoms with Crippen molar-refractivity contribution in [3.63, 3.8) is 0 Å². The number of halogens is 4. The minimum Gasteiger partial charge on any atom is -0.241 e. The van der Waals surface area contributed by atoms with E-state index in [1.165, 1.54) is 0 Å². The second-order valence-electron chi connectivity index (χ2n) is 0.749. The van der Waals surface area contributed by atoms with Crippen molar-refractivity contribution in [2.75, 3.05) is 6.67 Å². The lowest BCUT2D eigenvalue weighted by Gasteiger charge is -1.93. The Balaban J connectivity index is 3.17. The van der Waals surface area contributed by atoms with E-state index in [4.69, 9.17) is 0 Å². The highest BCUT2D eigenvalue weighted by atomic mass is 19.4. The van der Waals surface area contributed by atoms with Crippen molar-refractivity contribution in [2.45, 2.75) is 6.18 Å². The van der Waals surface area contributed by atoms with Crippen molar-refractivity contribution in [1.29, 1.82) is 0 Å². The summed E-state index contributed by atoms with van der Waals surface area (Å²) in [6, 6.07) is 0. The predicted molar refractivity (Wildman–Crippen MR) is 12.0 cm³/mol. The normalized spacial score (nSPS) is 12.0. The quantitative estimate of drug-likeness (QED) is 0.407. The Hall–Kier alpha value is -0.280. The molecule has 0 aliphatic rings. The highest BCUT2D eigenvalue weighted by Gasteiger charge is 2.26. The Labute approximate surface area is 31.8 Å². The molecule has 4 heteroatoms. The lowest BCUT2D eigenvalue weighted by Crippen LogP contribution is -2.08. The largest absolute Gasteiger partial charge is 0.416 e. The molecule has 0 spiro atoms. The zero-order chi connectivity index (χ0) is 5.21. The minimum atomic E-state index is -4.62. The molecule has 0 aromatic carbocycles. The van der Waals surface area contributed by atoms with Gasteiger partial charge in [-0.05, 0) is 0 Å². The van der Waals surface area contributed by atoms with Gasteiger partial charge >= 0.3 is 6.18 Å². The lowest BCUT2D eigenvalue weighted by molar-refractivity contribution is -0.142. The summed E-state index contributed by atoms with van der Waals surface area (Å²) in [5, 5.41) is 0. The van der Waals surface area contributed by atoms with Gasteiger partial charge in [-0.2, -0.15) is 13.2 Å². The average molecular weight is 102 g/mol. The highest BCUT2D eigenvalue weighted by molar-refractivity contribution is 4.39. The fourth-order valence-corrected chi connectivity index (χ4v) is 0. The van der Waals surface area contributed by atoms with Gasteiger partial charge in [0.25, 0.3) is 0 Å². The molecule has 0 radical (unpaired) electrons. The standard InChI is InChI=1S/C2H2F4/c3-1-2(4,5)6/h1H2/i2+0. The van der Waals surface area contributed by atoms with Crippen LogP contribution in [0.5, 0.6) is 0 Å². The number of rotatable bonds is 0. The van der Waals surface area contributed by atoms with Gasteiger partial charge in [0.2, 0.25) is 0 Å². The van der Waals surface area contributed by atoms with Crippen LogP contribution in [-0.2, 0) is 0 Å². The summed E-state index contributed by atoms with van der Waals surface area (Å²) in [6.45, 7) is -2.23. The van der Waals surface area contributed by atoms with Gasteiger partial charge in [0.1, 0.15) is 0 Å². The van der Waals surface area contributed by atoms with Crippen LogP contribution in [0.4, 0.5) is 17.6 Å². The van der Waals surface area contributed by atoms with E-state index in [0.717, 1.165) is 0 Å². The molecule has 0 aromatic rings. The van der Waals surface area contributed by atoms with Crippen molar-refractivity contribution >= 4 is 0 Å². The topological polar surface area (TPSA) is 0 Å².